The van der Waals surface area contributed by atoms with Crippen molar-refractivity contribution in [3.63, 3.8) is 0 Å². The van der Waals surface area contributed by atoms with Gasteiger partial charge in [0.1, 0.15) is 12.6 Å². The molecule has 0 aliphatic carbocycles. The van der Waals surface area contributed by atoms with Gasteiger partial charge in [-0.2, -0.15) is 0 Å². The molecule has 0 saturated carbocycles. The van der Waals surface area contributed by atoms with Gasteiger partial charge in [-0.15, -0.1) is 0 Å². The molecule has 0 aliphatic heterocycles. The molecule has 10 heteroatoms. The Morgan fingerprint density at radius 2 is 1.54 bits per heavy atom. The van der Waals surface area contributed by atoms with E-state index in [1.807, 2.05) is 58.0 Å². The van der Waals surface area contributed by atoms with Crippen molar-refractivity contribution >= 4 is 55.1 Å². The fourth-order valence-corrected chi connectivity index (χ4v) is 5.71. The molecule has 3 aromatic rings. The summed E-state index contributed by atoms with van der Waals surface area (Å²) in [4.78, 5) is 28.3. The molecule has 0 saturated heterocycles. The maximum Gasteiger partial charge on any atom is 0.264 e. The normalized spacial score (nSPS) is 12.2. The number of aryl methyl sites for hydroxylation is 2. The van der Waals surface area contributed by atoms with Crippen molar-refractivity contribution in [2.24, 2.45) is 0 Å². The van der Waals surface area contributed by atoms with Crippen LogP contribution >= 0.6 is 27.5 Å². The molecule has 3 rings (SSSR count). The Kier molecular flexibility index (Phi) is 10.2. The van der Waals surface area contributed by atoms with E-state index in [2.05, 4.69) is 21.2 Å². The summed E-state index contributed by atoms with van der Waals surface area (Å²) in [6.45, 7) is 8.76. The predicted molar refractivity (Wildman–Crippen MR) is 159 cm³/mol. The molecular formula is C29H33BrClN3O4S. The van der Waals surface area contributed by atoms with E-state index in [1.54, 1.807) is 19.1 Å². The summed E-state index contributed by atoms with van der Waals surface area (Å²) in [5, 5.41) is 3.24. The van der Waals surface area contributed by atoms with Crippen molar-refractivity contribution < 1.29 is 18.0 Å². The molecule has 39 heavy (non-hydrogen) atoms. The van der Waals surface area contributed by atoms with Gasteiger partial charge in [0.05, 0.1) is 10.6 Å². The van der Waals surface area contributed by atoms with Crippen LogP contribution in [0.25, 0.3) is 0 Å². The highest BCUT2D eigenvalue weighted by molar-refractivity contribution is 9.10. The number of nitrogens with one attached hydrogen (secondary N) is 1. The average molecular weight is 635 g/mol. The zero-order valence-corrected chi connectivity index (χ0v) is 25.8. The molecule has 0 aromatic heterocycles. The van der Waals surface area contributed by atoms with Gasteiger partial charge in [0.2, 0.25) is 11.8 Å². The van der Waals surface area contributed by atoms with Crippen molar-refractivity contribution in [3.8, 4) is 0 Å². The van der Waals surface area contributed by atoms with Crippen LogP contribution in [0.3, 0.4) is 0 Å². The average Bonchev–Trinajstić information content (AvgIpc) is 2.88. The number of amides is 2. The zero-order chi connectivity index (χ0) is 28.9. The number of hydrogen-bond donors (Lipinski definition) is 1. The first kappa shape index (κ1) is 30.7. The Morgan fingerprint density at radius 1 is 0.923 bits per heavy atom. The molecule has 0 heterocycles. The van der Waals surface area contributed by atoms with E-state index >= 15 is 0 Å². The van der Waals surface area contributed by atoms with Crippen LogP contribution in [0.15, 0.2) is 76.1 Å². The Hall–Kier alpha value is -2.88. The Bertz CT molecular complexity index is 1430. The lowest BCUT2D eigenvalue weighted by Gasteiger charge is -2.32. The van der Waals surface area contributed by atoms with Gasteiger partial charge in [0, 0.05) is 22.1 Å². The number of benzene rings is 3. The monoisotopic (exact) mass is 633 g/mol. The number of nitrogens with zero attached hydrogens (tertiary/aromatic N) is 2. The van der Waals surface area contributed by atoms with Crippen LogP contribution in [0.5, 0.6) is 0 Å². The Labute approximate surface area is 244 Å². The standard InChI is InChI=1S/C29H33BrClN3O4S/c1-19(2)32-29(36)22(5)33(17-23-7-9-24(30)10-8-23)28(35)18-34(26-13-6-20(3)21(4)16-26)39(37,38)27-14-11-25(31)12-15-27/h6-16,19,22H,17-18H2,1-5H3,(H,32,36)/t22-/m0/s1. The highest BCUT2D eigenvalue weighted by Crippen LogP contribution is 2.27. The van der Waals surface area contributed by atoms with Gasteiger partial charge in [0.25, 0.3) is 10.0 Å². The van der Waals surface area contributed by atoms with Crippen molar-refractivity contribution in [1.29, 1.82) is 0 Å². The predicted octanol–water partition coefficient (Wildman–Crippen LogP) is 5.86. The second-order valence-electron chi connectivity index (χ2n) is 9.72. The molecule has 0 radical (unpaired) electrons. The maximum atomic E-state index is 13.9. The highest BCUT2D eigenvalue weighted by atomic mass is 79.9. The maximum absolute atomic E-state index is 13.9. The molecule has 0 bridgehead atoms. The van der Waals surface area contributed by atoms with Crippen LogP contribution in [-0.2, 0) is 26.2 Å². The minimum Gasteiger partial charge on any atom is -0.352 e. The Balaban J connectivity index is 2.05. The smallest absolute Gasteiger partial charge is 0.264 e. The summed E-state index contributed by atoms with van der Waals surface area (Å²) in [6.07, 6.45) is 0. The third-order valence-electron chi connectivity index (χ3n) is 6.32. The first-order valence-corrected chi connectivity index (χ1v) is 15.1. The van der Waals surface area contributed by atoms with Crippen molar-refractivity contribution in [3.05, 3.63) is 92.9 Å². The van der Waals surface area contributed by atoms with Crippen LogP contribution in [-0.4, -0.2) is 43.8 Å². The van der Waals surface area contributed by atoms with E-state index in [4.69, 9.17) is 11.6 Å². The molecule has 0 spiro atoms. The zero-order valence-electron chi connectivity index (χ0n) is 22.6. The SMILES string of the molecule is Cc1ccc(N(CC(=O)N(Cc2ccc(Br)cc2)[C@@H](C)C(=O)NC(C)C)S(=O)(=O)c2ccc(Cl)cc2)cc1C. The van der Waals surface area contributed by atoms with Gasteiger partial charge in [-0.25, -0.2) is 8.42 Å². The quantitative estimate of drug-likeness (QED) is 0.303. The van der Waals surface area contributed by atoms with Crippen molar-refractivity contribution in [2.75, 3.05) is 10.8 Å². The van der Waals surface area contributed by atoms with E-state index in [1.165, 1.54) is 29.2 Å². The number of halogens is 2. The molecule has 7 nitrogen and oxygen atoms in total. The third-order valence-corrected chi connectivity index (χ3v) is 8.89. The molecule has 0 fully saturated rings. The second-order valence-corrected chi connectivity index (χ2v) is 12.9. The molecule has 1 N–H and O–H groups in total. The lowest BCUT2D eigenvalue weighted by Crippen LogP contribution is -2.52. The largest absolute Gasteiger partial charge is 0.352 e. The molecular weight excluding hydrogens is 602 g/mol. The van der Waals surface area contributed by atoms with E-state index < -0.39 is 28.5 Å². The van der Waals surface area contributed by atoms with E-state index in [0.29, 0.717) is 10.7 Å². The van der Waals surface area contributed by atoms with Crippen LogP contribution in [0.4, 0.5) is 5.69 Å². The molecule has 1 atom stereocenters. The number of sulfonamides is 1. The fourth-order valence-electron chi connectivity index (χ4n) is 3.92. The van der Waals surface area contributed by atoms with Crippen LogP contribution in [0.2, 0.25) is 5.02 Å². The summed E-state index contributed by atoms with van der Waals surface area (Å²) < 4.78 is 29.7. The molecule has 2 amide bonds. The van der Waals surface area contributed by atoms with Gasteiger partial charge >= 0.3 is 0 Å². The molecule has 208 valence electrons. The van der Waals surface area contributed by atoms with Crippen LogP contribution in [0, 0.1) is 13.8 Å². The van der Waals surface area contributed by atoms with Gasteiger partial charge in [-0.1, -0.05) is 45.7 Å². The molecule has 0 unspecified atom stereocenters. The van der Waals surface area contributed by atoms with Gasteiger partial charge in [0.15, 0.2) is 0 Å². The van der Waals surface area contributed by atoms with Gasteiger partial charge in [-0.3, -0.25) is 13.9 Å². The molecule has 3 aromatic carbocycles. The van der Waals surface area contributed by atoms with E-state index in [9.17, 15) is 18.0 Å². The second kappa shape index (κ2) is 13.0. The summed E-state index contributed by atoms with van der Waals surface area (Å²) in [5.74, 6) is -0.839. The highest BCUT2D eigenvalue weighted by Gasteiger charge is 2.32. The third kappa shape index (κ3) is 7.84. The first-order valence-electron chi connectivity index (χ1n) is 12.5. The Morgan fingerprint density at radius 3 is 2.10 bits per heavy atom. The topological polar surface area (TPSA) is 86.8 Å². The summed E-state index contributed by atoms with van der Waals surface area (Å²) in [7, 11) is -4.15. The lowest BCUT2D eigenvalue weighted by atomic mass is 10.1. The number of rotatable bonds is 10. The molecule has 0 aliphatic rings. The van der Waals surface area contributed by atoms with Gasteiger partial charge in [-0.05, 0) is 99.8 Å². The van der Waals surface area contributed by atoms with Gasteiger partial charge < -0.3 is 10.2 Å². The van der Waals surface area contributed by atoms with Crippen LogP contribution in [0.1, 0.15) is 37.5 Å². The summed E-state index contributed by atoms with van der Waals surface area (Å²) >= 11 is 9.41. The lowest BCUT2D eigenvalue weighted by molar-refractivity contribution is -0.139. The number of anilines is 1. The fraction of sp³-hybridized carbons (Fsp3) is 0.310. The van der Waals surface area contributed by atoms with Crippen molar-refractivity contribution in [2.45, 2.75) is 58.1 Å². The number of carbonyl (C=O) groups excluding carboxylic acids is 2. The minimum absolute atomic E-state index is 0.00277. The summed E-state index contributed by atoms with van der Waals surface area (Å²) in [6, 6.07) is 17.5. The number of hydrogen-bond acceptors (Lipinski definition) is 4. The number of carbonyl (C=O) groups is 2. The van der Waals surface area contributed by atoms with Crippen molar-refractivity contribution in [1.82, 2.24) is 10.2 Å². The summed E-state index contributed by atoms with van der Waals surface area (Å²) in [5.41, 5.74) is 3.02. The minimum atomic E-state index is -4.15. The van der Waals surface area contributed by atoms with E-state index in [-0.39, 0.29) is 23.4 Å². The van der Waals surface area contributed by atoms with E-state index in [0.717, 1.165) is 25.5 Å². The van der Waals surface area contributed by atoms with Crippen LogP contribution < -0.4 is 9.62 Å². The first-order chi connectivity index (χ1) is 18.3.